The van der Waals surface area contributed by atoms with Crippen LogP contribution in [0.15, 0.2) is 41.8 Å². The normalized spacial score (nSPS) is 11.2. The molecule has 1 unspecified atom stereocenters. The molecule has 3 N–H and O–H groups in total. The largest absolute Gasteiger partial charge is 0.449 e. The zero-order valence-corrected chi connectivity index (χ0v) is 14.9. The molecule has 0 fully saturated rings. The Hall–Kier alpha value is -3.20. The summed E-state index contributed by atoms with van der Waals surface area (Å²) in [5.74, 6) is -1.70. The minimum atomic E-state index is -1.14. The van der Waals surface area contributed by atoms with Crippen molar-refractivity contribution in [1.29, 1.82) is 0 Å². The lowest BCUT2D eigenvalue weighted by atomic mass is 10.2. The number of carbonyl (C=O) groups excluding carboxylic acids is 4. The first-order chi connectivity index (χ1) is 12.4. The third kappa shape index (κ3) is 5.15. The molecule has 1 aromatic heterocycles. The van der Waals surface area contributed by atoms with Crippen molar-refractivity contribution in [3.8, 4) is 0 Å². The number of anilines is 1. The third-order valence-corrected chi connectivity index (χ3v) is 4.11. The van der Waals surface area contributed by atoms with Crippen LogP contribution in [0.4, 0.5) is 10.5 Å². The molecule has 2 rings (SSSR count). The first-order valence-electron chi connectivity index (χ1n) is 7.59. The minimum Gasteiger partial charge on any atom is -0.449 e. The van der Waals surface area contributed by atoms with Crippen molar-refractivity contribution in [3.63, 3.8) is 0 Å². The van der Waals surface area contributed by atoms with E-state index in [-0.39, 0.29) is 11.5 Å². The van der Waals surface area contributed by atoms with Crippen LogP contribution < -0.4 is 16.0 Å². The number of carbonyl (C=O) groups is 4. The summed E-state index contributed by atoms with van der Waals surface area (Å²) >= 11 is 1.32. The van der Waals surface area contributed by atoms with Crippen LogP contribution >= 0.6 is 11.3 Å². The number of urea groups is 1. The number of benzene rings is 1. The summed E-state index contributed by atoms with van der Waals surface area (Å²) in [6.07, 6.45) is -1.14. The van der Waals surface area contributed by atoms with Gasteiger partial charge < -0.3 is 15.4 Å². The van der Waals surface area contributed by atoms with Gasteiger partial charge >= 0.3 is 12.0 Å². The van der Waals surface area contributed by atoms with Gasteiger partial charge in [-0.2, -0.15) is 0 Å². The molecule has 4 amide bonds. The zero-order chi connectivity index (χ0) is 19.1. The molecule has 0 bridgehead atoms. The van der Waals surface area contributed by atoms with E-state index >= 15 is 0 Å². The van der Waals surface area contributed by atoms with Crippen molar-refractivity contribution in [3.05, 3.63) is 52.2 Å². The van der Waals surface area contributed by atoms with E-state index in [0.29, 0.717) is 10.6 Å². The number of thiophene rings is 1. The average molecular weight is 375 g/mol. The predicted octanol–water partition coefficient (Wildman–Crippen LogP) is 2.00. The summed E-state index contributed by atoms with van der Waals surface area (Å²) in [7, 11) is 1.36. The molecule has 0 radical (unpaired) electrons. The average Bonchev–Trinajstić information content (AvgIpc) is 3.16. The fourth-order valence-corrected chi connectivity index (χ4v) is 2.47. The first-order valence-corrected chi connectivity index (χ1v) is 8.47. The number of hydrogen-bond donors (Lipinski definition) is 3. The van der Waals surface area contributed by atoms with E-state index in [4.69, 9.17) is 4.74 Å². The summed E-state index contributed by atoms with van der Waals surface area (Å²) in [6, 6.07) is 8.83. The Kier molecular flexibility index (Phi) is 6.45. The van der Waals surface area contributed by atoms with Gasteiger partial charge in [-0.1, -0.05) is 6.07 Å². The highest BCUT2D eigenvalue weighted by Gasteiger charge is 2.20. The van der Waals surface area contributed by atoms with E-state index < -0.39 is 24.0 Å². The van der Waals surface area contributed by atoms with Crippen LogP contribution in [0.1, 0.15) is 27.0 Å². The lowest BCUT2D eigenvalue weighted by molar-refractivity contribution is -0.127. The van der Waals surface area contributed by atoms with Crippen LogP contribution in [-0.4, -0.2) is 37.0 Å². The van der Waals surface area contributed by atoms with Gasteiger partial charge in [-0.25, -0.2) is 9.59 Å². The van der Waals surface area contributed by atoms with E-state index in [9.17, 15) is 19.2 Å². The second-order valence-corrected chi connectivity index (χ2v) is 6.07. The molecular weight excluding hydrogens is 358 g/mol. The second kappa shape index (κ2) is 8.77. The highest BCUT2D eigenvalue weighted by molar-refractivity contribution is 7.12. The van der Waals surface area contributed by atoms with Crippen LogP contribution in [0.25, 0.3) is 0 Å². The Morgan fingerprint density at radius 3 is 2.35 bits per heavy atom. The summed E-state index contributed by atoms with van der Waals surface area (Å²) in [6.45, 7) is 1.35. The van der Waals surface area contributed by atoms with Crippen LogP contribution in [0, 0.1) is 0 Å². The maximum atomic E-state index is 12.0. The molecule has 0 aliphatic heterocycles. The number of ether oxygens (including phenoxy) is 1. The number of esters is 1. The van der Waals surface area contributed by atoms with Gasteiger partial charge in [0.2, 0.25) is 0 Å². The molecule has 0 saturated heterocycles. The van der Waals surface area contributed by atoms with Crippen molar-refractivity contribution in [2.45, 2.75) is 13.0 Å². The molecule has 0 spiro atoms. The van der Waals surface area contributed by atoms with Gasteiger partial charge in [-0.15, -0.1) is 11.3 Å². The lowest BCUT2D eigenvalue weighted by Crippen LogP contribution is -2.43. The van der Waals surface area contributed by atoms with Crippen molar-refractivity contribution in [2.24, 2.45) is 0 Å². The van der Waals surface area contributed by atoms with Crippen LogP contribution in [0.3, 0.4) is 0 Å². The van der Waals surface area contributed by atoms with E-state index in [1.54, 1.807) is 29.6 Å². The maximum Gasteiger partial charge on any atom is 0.338 e. The number of rotatable bonds is 5. The van der Waals surface area contributed by atoms with Gasteiger partial charge in [0.15, 0.2) is 6.10 Å². The van der Waals surface area contributed by atoms with Crippen LogP contribution in [0.5, 0.6) is 0 Å². The SMILES string of the molecule is CNC(=O)NC(=O)C(C)OC(=O)c1ccc(NC(=O)c2cccs2)cc1. The third-order valence-electron chi connectivity index (χ3n) is 3.24. The van der Waals surface area contributed by atoms with Gasteiger partial charge in [0.05, 0.1) is 10.4 Å². The van der Waals surface area contributed by atoms with Crippen molar-refractivity contribution >= 4 is 40.8 Å². The predicted molar refractivity (Wildman–Crippen MR) is 96.2 cm³/mol. The van der Waals surface area contributed by atoms with Gasteiger partial charge in [0.25, 0.3) is 11.8 Å². The van der Waals surface area contributed by atoms with E-state index in [0.717, 1.165) is 0 Å². The van der Waals surface area contributed by atoms with Gasteiger partial charge in [0, 0.05) is 12.7 Å². The second-order valence-electron chi connectivity index (χ2n) is 5.12. The summed E-state index contributed by atoms with van der Waals surface area (Å²) in [4.78, 5) is 47.3. The molecule has 26 heavy (non-hydrogen) atoms. The Bertz CT molecular complexity index is 802. The highest BCUT2D eigenvalue weighted by Crippen LogP contribution is 2.15. The molecule has 0 saturated carbocycles. The summed E-state index contributed by atoms with van der Waals surface area (Å²) < 4.78 is 5.01. The van der Waals surface area contributed by atoms with Crippen LogP contribution in [0.2, 0.25) is 0 Å². The molecule has 136 valence electrons. The Morgan fingerprint density at radius 2 is 1.77 bits per heavy atom. The number of hydrogen-bond acceptors (Lipinski definition) is 6. The quantitative estimate of drug-likeness (QED) is 0.692. The molecule has 0 aliphatic carbocycles. The molecule has 0 aliphatic rings. The fourth-order valence-electron chi connectivity index (χ4n) is 1.85. The van der Waals surface area contributed by atoms with Gasteiger partial charge in [-0.05, 0) is 42.6 Å². The monoisotopic (exact) mass is 375 g/mol. The van der Waals surface area contributed by atoms with Gasteiger partial charge in [-0.3, -0.25) is 14.9 Å². The highest BCUT2D eigenvalue weighted by atomic mass is 32.1. The summed E-state index contributed by atoms with van der Waals surface area (Å²) in [5, 5.41) is 8.75. The maximum absolute atomic E-state index is 12.0. The molecule has 1 aromatic carbocycles. The Morgan fingerprint density at radius 1 is 1.08 bits per heavy atom. The van der Waals surface area contributed by atoms with Crippen LogP contribution in [-0.2, 0) is 9.53 Å². The number of imide groups is 1. The van der Waals surface area contributed by atoms with Crippen molar-refractivity contribution in [2.75, 3.05) is 12.4 Å². The van der Waals surface area contributed by atoms with E-state index in [2.05, 4.69) is 10.6 Å². The minimum absolute atomic E-state index is 0.207. The van der Waals surface area contributed by atoms with E-state index in [1.807, 2.05) is 5.32 Å². The standard InChI is InChI=1S/C17H17N3O5S/c1-10(14(21)20-17(24)18-2)25-16(23)11-5-7-12(8-6-11)19-15(22)13-4-3-9-26-13/h3-10H,1-2H3,(H,19,22)(H2,18,20,21,24). The van der Waals surface area contributed by atoms with Gasteiger partial charge in [0.1, 0.15) is 0 Å². The number of nitrogens with one attached hydrogen (secondary N) is 3. The zero-order valence-electron chi connectivity index (χ0n) is 14.1. The molecule has 8 nitrogen and oxygen atoms in total. The summed E-state index contributed by atoms with van der Waals surface area (Å²) in [5.41, 5.74) is 0.726. The Balaban J connectivity index is 1.92. The van der Waals surface area contributed by atoms with E-state index in [1.165, 1.54) is 37.4 Å². The molecule has 2 aromatic rings. The molecule has 1 atom stereocenters. The number of amides is 4. The fraction of sp³-hybridized carbons (Fsp3) is 0.176. The molecule has 1 heterocycles. The molecular formula is C17H17N3O5S. The lowest BCUT2D eigenvalue weighted by Gasteiger charge is -2.13. The topological polar surface area (TPSA) is 114 Å². The van der Waals surface area contributed by atoms with Crippen molar-refractivity contribution in [1.82, 2.24) is 10.6 Å². The smallest absolute Gasteiger partial charge is 0.338 e. The Labute approximate surface area is 153 Å². The van der Waals surface area contributed by atoms with Crippen molar-refractivity contribution < 1.29 is 23.9 Å². The first kappa shape index (κ1) is 19.1. The molecule has 9 heteroatoms.